The average Bonchev–Trinajstić information content (AvgIpc) is 3.37. The lowest BCUT2D eigenvalue weighted by Gasteiger charge is -2.57. The summed E-state index contributed by atoms with van der Waals surface area (Å²) in [7, 11) is 4.00. The Kier molecular flexibility index (Phi) is 5.06. The fourth-order valence-electron chi connectivity index (χ4n) is 7.20. The number of allylic oxidation sites excluding steroid dienone is 1. The number of aryl methyl sites for hydroxylation is 3. The van der Waals surface area contributed by atoms with Gasteiger partial charge in [-0.3, -0.25) is 19.1 Å². The largest absolute Gasteiger partial charge is 0.366 e. The Hall–Kier alpha value is -3.20. The molecule has 0 unspecified atom stereocenters. The molecular formula is C28H36N8O. The summed E-state index contributed by atoms with van der Waals surface area (Å²) in [4.78, 5) is 24.3. The van der Waals surface area contributed by atoms with E-state index in [0.717, 1.165) is 87.2 Å². The summed E-state index contributed by atoms with van der Waals surface area (Å²) in [6.45, 7) is 9.38. The monoisotopic (exact) mass is 500 g/mol. The molecule has 8 rings (SSSR count). The van der Waals surface area contributed by atoms with Crippen molar-refractivity contribution in [3.63, 3.8) is 0 Å². The van der Waals surface area contributed by atoms with E-state index in [4.69, 9.17) is 10.1 Å². The summed E-state index contributed by atoms with van der Waals surface area (Å²) in [5.74, 6) is 0.311. The Bertz CT molecular complexity index is 1450. The molecule has 3 aromatic heterocycles. The number of piperazine rings is 1. The number of hydrogen-bond acceptors (Lipinski definition) is 6. The van der Waals surface area contributed by atoms with E-state index in [1.165, 1.54) is 16.9 Å². The highest BCUT2D eigenvalue weighted by Gasteiger charge is 2.51. The number of carbonyl (C=O) groups is 1. The van der Waals surface area contributed by atoms with Crippen molar-refractivity contribution < 1.29 is 4.79 Å². The second-order valence-electron chi connectivity index (χ2n) is 11.7. The van der Waals surface area contributed by atoms with Crippen molar-refractivity contribution in [2.45, 2.75) is 64.6 Å². The van der Waals surface area contributed by atoms with Gasteiger partial charge >= 0.3 is 0 Å². The van der Waals surface area contributed by atoms with E-state index < -0.39 is 0 Å². The second-order valence-corrected chi connectivity index (χ2v) is 11.7. The minimum atomic E-state index is 0.0947. The van der Waals surface area contributed by atoms with Crippen molar-refractivity contribution in [1.29, 1.82) is 0 Å². The maximum atomic E-state index is 12.7. The van der Waals surface area contributed by atoms with Gasteiger partial charge in [-0.2, -0.15) is 10.2 Å². The number of fused-ring (bicyclic) bond motifs is 4. The van der Waals surface area contributed by atoms with Crippen molar-refractivity contribution in [3.8, 4) is 0 Å². The van der Waals surface area contributed by atoms with Crippen molar-refractivity contribution in [2.75, 3.05) is 38.1 Å². The number of carbonyl (C=O) groups excluding carboxylic acids is 1. The molecule has 1 saturated carbocycles. The molecule has 1 saturated heterocycles. The van der Waals surface area contributed by atoms with Crippen molar-refractivity contribution in [1.82, 2.24) is 34.3 Å². The van der Waals surface area contributed by atoms with Crippen LogP contribution in [0.3, 0.4) is 0 Å². The third kappa shape index (κ3) is 3.54. The van der Waals surface area contributed by atoms with E-state index in [1.807, 2.05) is 25.0 Å². The SMILES string of the molecule is Cc1cc(N2CCc3c(c(C)nn3CC3=C4CC(N5CCN(C)CC5=O)(CC3)C4)C2)c2cnn(C)c2n1. The van der Waals surface area contributed by atoms with Gasteiger partial charge in [0.1, 0.15) is 0 Å². The minimum Gasteiger partial charge on any atom is -0.366 e. The molecular weight excluding hydrogens is 464 g/mol. The Labute approximate surface area is 217 Å². The summed E-state index contributed by atoms with van der Waals surface area (Å²) in [5, 5.41) is 10.6. The van der Waals surface area contributed by atoms with E-state index in [9.17, 15) is 4.79 Å². The van der Waals surface area contributed by atoms with Crippen LogP contribution in [0, 0.1) is 13.8 Å². The highest BCUT2D eigenvalue weighted by molar-refractivity contribution is 5.89. The van der Waals surface area contributed by atoms with Crippen LogP contribution in [0.15, 0.2) is 23.4 Å². The quantitative estimate of drug-likeness (QED) is 0.513. The fraction of sp³-hybridized carbons (Fsp3) is 0.571. The van der Waals surface area contributed by atoms with Crippen LogP contribution in [0.5, 0.6) is 0 Å². The third-order valence-electron chi connectivity index (χ3n) is 9.29. The first-order chi connectivity index (χ1) is 17.8. The molecule has 0 radical (unpaired) electrons. The number of amides is 1. The van der Waals surface area contributed by atoms with Gasteiger partial charge in [0.2, 0.25) is 5.91 Å². The summed E-state index contributed by atoms with van der Waals surface area (Å²) >= 11 is 0. The zero-order valence-electron chi connectivity index (χ0n) is 22.4. The minimum absolute atomic E-state index is 0.0947. The van der Waals surface area contributed by atoms with E-state index in [1.54, 1.807) is 11.1 Å². The zero-order chi connectivity index (χ0) is 25.5. The second kappa shape index (κ2) is 8.15. The average molecular weight is 501 g/mol. The van der Waals surface area contributed by atoms with E-state index in [-0.39, 0.29) is 5.54 Å². The number of nitrogens with zero attached hydrogens (tertiary/aromatic N) is 8. The van der Waals surface area contributed by atoms with E-state index >= 15 is 0 Å². The van der Waals surface area contributed by atoms with Gasteiger partial charge in [0.05, 0.1) is 41.6 Å². The van der Waals surface area contributed by atoms with Gasteiger partial charge < -0.3 is 9.80 Å². The number of anilines is 1. The molecule has 0 atom stereocenters. The van der Waals surface area contributed by atoms with Gasteiger partial charge in [-0.25, -0.2) is 4.98 Å². The van der Waals surface area contributed by atoms with Crippen molar-refractivity contribution in [2.24, 2.45) is 7.05 Å². The van der Waals surface area contributed by atoms with Gasteiger partial charge in [0, 0.05) is 56.6 Å². The van der Waals surface area contributed by atoms with E-state index in [0.29, 0.717) is 12.5 Å². The highest BCUT2D eigenvalue weighted by atomic mass is 16.2. The molecule has 194 valence electrons. The molecule has 3 aromatic rings. The highest BCUT2D eigenvalue weighted by Crippen LogP contribution is 2.52. The van der Waals surface area contributed by atoms with Gasteiger partial charge in [-0.15, -0.1) is 0 Å². The molecule has 37 heavy (non-hydrogen) atoms. The molecule has 0 N–H and O–H groups in total. The molecule has 9 nitrogen and oxygen atoms in total. The number of likely N-dealkylation sites (N-methyl/N-ethyl adjacent to an activating group) is 1. The fourth-order valence-corrected chi connectivity index (χ4v) is 7.20. The van der Waals surface area contributed by atoms with Gasteiger partial charge in [0.15, 0.2) is 5.65 Å². The van der Waals surface area contributed by atoms with Crippen LogP contribution in [0.25, 0.3) is 11.0 Å². The molecule has 0 aromatic carbocycles. The molecule has 2 fully saturated rings. The van der Waals surface area contributed by atoms with Crippen LogP contribution in [-0.2, 0) is 31.4 Å². The summed E-state index contributed by atoms with van der Waals surface area (Å²) in [6, 6.07) is 2.19. The molecule has 3 aliphatic carbocycles. The zero-order valence-corrected chi connectivity index (χ0v) is 22.4. The van der Waals surface area contributed by atoms with Crippen LogP contribution in [-0.4, -0.2) is 79.0 Å². The van der Waals surface area contributed by atoms with Crippen LogP contribution in [0.1, 0.15) is 48.3 Å². The lowest BCUT2D eigenvalue weighted by molar-refractivity contribution is -0.146. The van der Waals surface area contributed by atoms with E-state index in [2.05, 4.69) is 44.4 Å². The van der Waals surface area contributed by atoms with Gasteiger partial charge in [-0.05, 0) is 58.2 Å². The van der Waals surface area contributed by atoms with Crippen molar-refractivity contribution in [3.05, 3.63) is 46.1 Å². The number of pyridine rings is 1. The molecule has 9 heteroatoms. The normalized spacial score (nSPS) is 21.6. The van der Waals surface area contributed by atoms with Gasteiger partial charge in [-0.1, -0.05) is 5.57 Å². The first-order valence-electron chi connectivity index (χ1n) is 13.6. The van der Waals surface area contributed by atoms with Crippen LogP contribution in [0.2, 0.25) is 0 Å². The van der Waals surface area contributed by atoms with Crippen LogP contribution in [0.4, 0.5) is 5.69 Å². The predicted molar refractivity (Wildman–Crippen MR) is 142 cm³/mol. The number of aromatic nitrogens is 5. The topological polar surface area (TPSA) is 75.3 Å². The molecule has 0 spiro atoms. The first kappa shape index (κ1) is 23.0. The third-order valence-corrected chi connectivity index (χ3v) is 9.29. The molecule has 1 amide bonds. The van der Waals surface area contributed by atoms with Crippen LogP contribution < -0.4 is 4.90 Å². The number of rotatable bonds is 4. The maximum Gasteiger partial charge on any atom is 0.237 e. The first-order valence-corrected chi connectivity index (χ1v) is 13.6. The lowest BCUT2D eigenvalue weighted by atomic mass is 9.61. The Morgan fingerprint density at radius 1 is 1.05 bits per heavy atom. The summed E-state index contributed by atoms with van der Waals surface area (Å²) < 4.78 is 4.15. The Morgan fingerprint density at radius 3 is 2.65 bits per heavy atom. The van der Waals surface area contributed by atoms with Crippen LogP contribution >= 0.6 is 0 Å². The Balaban J connectivity index is 1.10. The number of hydrogen-bond donors (Lipinski definition) is 0. The molecule has 5 aliphatic rings. The summed E-state index contributed by atoms with van der Waals surface area (Å²) in [5.41, 5.74) is 10.3. The molecule has 5 heterocycles. The van der Waals surface area contributed by atoms with Gasteiger partial charge in [0.25, 0.3) is 0 Å². The Morgan fingerprint density at radius 2 is 1.89 bits per heavy atom. The summed E-state index contributed by atoms with van der Waals surface area (Å²) in [6.07, 6.45) is 7.24. The van der Waals surface area contributed by atoms with Crippen molar-refractivity contribution >= 4 is 22.6 Å². The smallest absolute Gasteiger partial charge is 0.237 e. The lowest BCUT2D eigenvalue weighted by Crippen LogP contribution is -2.64. The molecule has 2 aliphatic heterocycles. The standard InChI is InChI=1S/C28H36N8O/c1-18-11-25(22-14-29-33(4)27(22)30-18)34-8-6-24-23(16-34)19(2)31-36(24)15-20-5-7-28(12-21(20)13-28)35-10-9-32(3)17-26(35)37/h11,14H,5-10,12-13,15-17H2,1-4H3. The molecule has 2 bridgehead atoms. The predicted octanol–water partition coefficient (Wildman–Crippen LogP) is 2.74. The maximum absolute atomic E-state index is 12.7.